The molecule has 0 saturated carbocycles. The van der Waals surface area contributed by atoms with Gasteiger partial charge in [-0.2, -0.15) is 0 Å². The molecule has 12 heteroatoms. The molecule has 2 saturated heterocycles. The lowest BCUT2D eigenvalue weighted by Gasteiger charge is -2.40. The van der Waals surface area contributed by atoms with Crippen LogP contribution in [0.2, 0.25) is 0 Å². The van der Waals surface area contributed by atoms with Gasteiger partial charge in [-0.05, 0) is 48.6 Å². The van der Waals surface area contributed by atoms with E-state index in [0.717, 1.165) is 65.8 Å². The molecule has 4 N–H and O–H groups in total. The zero-order valence-electron chi connectivity index (χ0n) is 27.1. The highest BCUT2D eigenvalue weighted by Crippen LogP contribution is 2.38. The van der Waals surface area contributed by atoms with E-state index in [0.29, 0.717) is 6.42 Å². The van der Waals surface area contributed by atoms with Crippen LogP contribution >= 0.6 is 0 Å². The number of H-pyrrole nitrogens is 1. The van der Waals surface area contributed by atoms with Crippen LogP contribution < -0.4 is 16.3 Å². The number of aliphatic hydroxyl groups is 1. The van der Waals surface area contributed by atoms with Crippen molar-refractivity contribution in [3.8, 4) is 0 Å². The first kappa shape index (κ1) is 33.4. The Hall–Kier alpha value is -4.49. The van der Waals surface area contributed by atoms with Crippen LogP contribution in [0.1, 0.15) is 66.9 Å². The minimum Gasteiger partial charge on any atom is -0.465 e. The van der Waals surface area contributed by atoms with Crippen molar-refractivity contribution >= 4 is 23.0 Å². The predicted octanol–water partition coefficient (Wildman–Crippen LogP) is 4.07. The van der Waals surface area contributed by atoms with Crippen LogP contribution in [0.15, 0.2) is 77.6 Å². The molecule has 0 spiro atoms. The molecule has 2 fully saturated rings. The van der Waals surface area contributed by atoms with Gasteiger partial charge in [0.25, 0.3) is 0 Å². The molecule has 254 valence electrons. The lowest BCUT2D eigenvalue weighted by atomic mass is 9.98. The molecule has 0 bridgehead atoms. The number of esters is 1. The predicted molar refractivity (Wildman–Crippen MR) is 179 cm³/mol. The molecule has 12 nitrogen and oxygen atoms in total. The number of para-hydroxylation sites is 2. The van der Waals surface area contributed by atoms with E-state index in [1.54, 1.807) is 6.92 Å². The quantitative estimate of drug-likeness (QED) is 0.177. The van der Waals surface area contributed by atoms with Gasteiger partial charge in [0.15, 0.2) is 6.29 Å². The van der Waals surface area contributed by atoms with E-state index >= 15 is 0 Å². The molecule has 1 aromatic heterocycles. The average Bonchev–Trinajstić information content (AvgIpc) is 3.46. The van der Waals surface area contributed by atoms with Crippen molar-refractivity contribution in [3.63, 3.8) is 0 Å². The summed E-state index contributed by atoms with van der Waals surface area (Å²) in [6, 6.07) is 23.1. The molecule has 3 aromatic carbocycles. The second-order valence-electron chi connectivity index (χ2n) is 12.3. The van der Waals surface area contributed by atoms with Crippen LogP contribution in [0.4, 0.5) is 4.79 Å². The number of amides is 2. The van der Waals surface area contributed by atoms with Gasteiger partial charge >= 0.3 is 17.7 Å². The number of aliphatic hydroxyl groups excluding tert-OH is 1. The number of piperidine rings is 1. The fraction of sp³-hybridized carbons (Fsp3) is 0.417. The third-order valence-corrected chi connectivity index (χ3v) is 9.03. The van der Waals surface area contributed by atoms with Gasteiger partial charge in [0.2, 0.25) is 0 Å². The number of rotatable bonds is 11. The van der Waals surface area contributed by atoms with Crippen molar-refractivity contribution in [3.05, 3.63) is 106 Å². The SMILES string of the molecule is CCOC(=O)CNC(=O)NCc1ccc([C@H]2O[C@@H](CN3CCC(n4c(=O)[nH]c5ccccc54)CC3)C[C@@H](c3ccc(CO)cc3)O2)cc1. The largest absolute Gasteiger partial charge is 0.465 e. The molecular weight excluding hydrogens is 614 g/mol. The summed E-state index contributed by atoms with van der Waals surface area (Å²) in [6.07, 6.45) is 1.53. The molecule has 2 amide bonds. The minimum atomic E-state index is -0.594. The smallest absolute Gasteiger partial charge is 0.326 e. The fourth-order valence-electron chi connectivity index (χ4n) is 6.52. The molecule has 3 atom stereocenters. The lowest BCUT2D eigenvalue weighted by Crippen LogP contribution is -2.43. The van der Waals surface area contributed by atoms with E-state index in [2.05, 4.69) is 20.5 Å². The first-order chi connectivity index (χ1) is 23.4. The van der Waals surface area contributed by atoms with Crippen molar-refractivity contribution < 1.29 is 28.9 Å². The Balaban J connectivity index is 1.09. The van der Waals surface area contributed by atoms with Crippen LogP contribution in [0.25, 0.3) is 11.0 Å². The number of ether oxygens (including phenoxy) is 3. The number of likely N-dealkylation sites (tertiary alicyclic amines) is 1. The number of urea groups is 1. The van der Waals surface area contributed by atoms with Gasteiger partial charge in [0.1, 0.15) is 6.54 Å². The number of fused-ring (bicyclic) bond motifs is 1. The highest BCUT2D eigenvalue weighted by atomic mass is 16.7. The first-order valence-corrected chi connectivity index (χ1v) is 16.6. The van der Waals surface area contributed by atoms with E-state index in [1.165, 1.54) is 0 Å². The van der Waals surface area contributed by atoms with Crippen molar-refractivity contribution in [2.45, 2.75) is 63.9 Å². The number of hydrogen-bond donors (Lipinski definition) is 4. The standard InChI is InChI=1S/C36H43N5O7/c1-2-46-33(43)21-38-35(44)37-20-24-7-13-27(14-8-24)34-47-29(19-32(48-34)26-11-9-25(23-42)10-12-26)22-40-17-15-28(16-18-40)41-31-6-4-3-5-30(31)39-36(41)45/h3-14,28-29,32,34,42H,2,15-23H2,1H3,(H,39,45)(H2,37,38,44)/t29-,32+,34+/m1/s1. The minimum absolute atomic E-state index is 0.0188. The maximum atomic E-state index is 12.8. The Bertz CT molecular complexity index is 1730. The van der Waals surface area contributed by atoms with Crippen LogP contribution in [0.3, 0.4) is 0 Å². The van der Waals surface area contributed by atoms with Crippen LogP contribution in [-0.2, 0) is 32.2 Å². The van der Waals surface area contributed by atoms with E-state index in [9.17, 15) is 19.5 Å². The number of imidazole rings is 1. The van der Waals surface area contributed by atoms with Crippen molar-refractivity contribution in [2.24, 2.45) is 0 Å². The molecule has 2 aliphatic heterocycles. The van der Waals surface area contributed by atoms with Gasteiger partial charge in [0, 0.05) is 44.2 Å². The highest BCUT2D eigenvalue weighted by molar-refractivity contribution is 5.80. The third kappa shape index (κ3) is 8.13. The van der Waals surface area contributed by atoms with Gasteiger partial charge in [-0.3, -0.25) is 9.36 Å². The number of carbonyl (C=O) groups is 2. The van der Waals surface area contributed by atoms with Crippen LogP contribution in [0.5, 0.6) is 0 Å². The van der Waals surface area contributed by atoms with Crippen molar-refractivity contribution in [1.29, 1.82) is 0 Å². The number of carbonyl (C=O) groups excluding carboxylic acids is 2. The average molecular weight is 658 g/mol. The Morgan fingerprint density at radius 3 is 2.38 bits per heavy atom. The molecule has 0 radical (unpaired) electrons. The summed E-state index contributed by atoms with van der Waals surface area (Å²) in [4.78, 5) is 41.8. The maximum Gasteiger partial charge on any atom is 0.326 e. The highest BCUT2D eigenvalue weighted by Gasteiger charge is 2.34. The zero-order valence-corrected chi connectivity index (χ0v) is 27.1. The zero-order chi connectivity index (χ0) is 33.5. The maximum absolute atomic E-state index is 12.8. The Kier molecular flexibility index (Phi) is 10.9. The number of aromatic amines is 1. The summed E-state index contributed by atoms with van der Waals surface area (Å²) < 4.78 is 19.8. The summed E-state index contributed by atoms with van der Waals surface area (Å²) in [6.45, 7) is 4.49. The molecule has 48 heavy (non-hydrogen) atoms. The summed E-state index contributed by atoms with van der Waals surface area (Å²) >= 11 is 0. The summed E-state index contributed by atoms with van der Waals surface area (Å²) in [5, 5.41) is 14.8. The number of aromatic nitrogens is 2. The fourth-order valence-corrected chi connectivity index (χ4v) is 6.52. The third-order valence-electron chi connectivity index (χ3n) is 9.03. The number of nitrogens with one attached hydrogen (secondary N) is 3. The van der Waals surface area contributed by atoms with Crippen LogP contribution in [-0.4, -0.2) is 70.4 Å². The van der Waals surface area contributed by atoms with Gasteiger partial charge in [-0.25, -0.2) is 9.59 Å². The second kappa shape index (κ2) is 15.6. The monoisotopic (exact) mass is 657 g/mol. The molecular formula is C36H43N5O7. The van der Waals surface area contributed by atoms with Gasteiger partial charge < -0.3 is 39.8 Å². The summed E-state index contributed by atoms with van der Waals surface area (Å²) in [7, 11) is 0. The molecule has 2 aliphatic rings. The Morgan fingerprint density at radius 2 is 1.65 bits per heavy atom. The number of nitrogens with zero attached hydrogens (tertiary/aromatic N) is 2. The van der Waals surface area contributed by atoms with E-state index in [-0.39, 0.29) is 50.2 Å². The van der Waals surface area contributed by atoms with E-state index in [4.69, 9.17) is 14.2 Å². The second-order valence-corrected chi connectivity index (χ2v) is 12.3. The number of hydrogen-bond acceptors (Lipinski definition) is 8. The lowest BCUT2D eigenvalue weighted by molar-refractivity contribution is -0.253. The molecule has 6 rings (SSSR count). The van der Waals surface area contributed by atoms with Gasteiger partial charge in [0.05, 0.1) is 36.5 Å². The summed E-state index contributed by atoms with van der Waals surface area (Å²) in [5.41, 5.74) is 5.37. The van der Waals surface area contributed by atoms with Gasteiger partial charge in [-0.15, -0.1) is 0 Å². The Morgan fingerprint density at radius 1 is 0.938 bits per heavy atom. The Labute approximate surface area is 279 Å². The topological polar surface area (TPSA) is 147 Å². The molecule has 0 unspecified atom stereocenters. The normalized spacial score (nSPS) is 20.4. The molecule has 3 heterocycles. The van der Waals surface area contributed by atoms with E-state index in [1.807, 2.05) is 77.4 Å². The molecule has 4 aromatic rings. The van der Waals surface area contributed by atoms with Crippen molar-refractivity contribution in [2.75, 3.05) is 32.8 Å². The van der Waals surface area contributed by atoms with Gasteiger partial charge in [-0.1, -0.05) is 60.7 Å². The number of benzene rings is 3. The summed E-state index contributed by atoms with van der Waals surface area (Å²) in [5.74, 6) is -0.489. The van der Waals surface area contributed by atoms with Crippen molar-refractivity contribution in [1.82, 2.24) is 25.1 Å². The van der Waals surface area contributed by atoms with E-state index < -0.39 is 18.3 Å². The first-order valence-electron chi connectivity index (χ1n) is 16.6. The molecule has 0 aliphatic carbocycles. The van der Waals surface area contributed by atoms with Crippen LogP contribution in [0, 0.1) is 0 Å².